The van der Waals surface area contributed by atoms with Gasteiger partial charge in [0.15, 0.2) is 0 Å². The Labute approximate surface area is 158 Å². The highest BCUT2D eigenvalue weighted by molar-refractivity contribution is 5.87. The lowest BCUT2D eigenvalue weighted by molar-refractivity contribution is -0.129. The van der Waals surface area contributed by atoms with Crippen LogP contribution < -0.4 is 10.8 Å². The predicted molar refractivity (Wildman–Crippen MR) is 106 cm³/mol. The van der Waals surface area contributed by atoms with Crippen LogP contribution in [0.3, 0.4) is 0 Å². The zero-order chi connectivity index (χ0) is 19.8. The first-order chi connectivity index (χ1) is 13.0. The fourth-order valence-corrected chi connectivity index (χ4v) is 2.87. The maximum Gasteiger partial charge on any atom is 0.243 e. The topological polar surface area (TPSA) is 85.2 Å². The number of nitrogens with one attached hydrogen (secondary N) is 3. The van der Waals surface area contributed by atoms with Crippen LogP contribution >= 0.6 is 0 Å². The van der Waals surface area contributed by atoms with Crippen LogP contribution in [0.15, 0.2) is 42.5 Å². The Morgan fingerprint density at radius 3 is 2.70 bits per heavy atom. The van der Waals surface area contributed by atoms with Gasteiger partial charge in [0, 0.05) is 30.9 Å². The molecule has 142 valence electrons. The highest BCUT2D eigenvalue weighted by atomic mass is 19.1. The average Bonchev–Trinajstić information content (AvgIpc) is 2.70. The van der Waals surface area contributed by atoms with Gasteiger partial charge in [0.2, 0.25) is 5.91 Å². The van der Waals surface area contributed by atoms with E-state index in [1.165, 1.54) is 12.3 Å². The molecule has 0 unspecified atom stereocenters. The molecule has 0 bridgehead atoms. The first kappa shape index (κ1) is 20.3. The number of halogens is 1. The van der Waals surface area contributed by atoms with Gasteiger partial charge in [-0.05, 0) is 54.2 Å². The number of hydrogen-bond donors (Lipinski definition) is 4. The number of rotatable bonds is 8. The van der Waals surface area contributed by atoms with E-state index in [1.807, 2.05) is 30.3 Å². The Morgan fingerprint density at radius 2 is 2.04 bits per heavy atom. The number of benzene rings is 2. The van der Waals surface area contributed by atoms with E-state index >= 15 is 0 Å². The van der Waals surface area contributed by atoms with Gasteiger partial charge in [-0.3, -0.25) is 10.0 Å². The van der Waals surface area contributed by atoms with Crippen molar-refractivity contribution in [3.05, 3.63) is 70.5 Å². The molecule has 0 aliphatic rings. The minimum Gasteiger partial charge on any atom is -0.388 e. The Hall–Kier alpha value is -2.99. The fourth-order valence-electron chi connectivity index (χ4n) is 2.87. The number of carbonyl (C=O) groups excluding carboxylic acids is 1. The summed E-state index contributed by atoms with van der Waals surface area (Å²) in [6.07, 6.45) is 4.33. The second kappa shape index (κ2) is 9.64. The van der Waals surface area contributed by atoms with E-state index in [-0.39, 0.29) is 12.2 Å². The molecule has 4 N–H and O–H groups in total. The summed E-state index contributed by atoms with van der Waals surface area (Å²) >= 11 is 0. The van der Waals surface area contributed by atoms with Gasteiger partial charge >= 0.3 is 0 Å². The molecule has 0 saturated heterocycles. The lowest BCUT2D eigenvalue weighted by Gasteiger charge is -2.13. The van der Waals surface area contributed by atoms with Gasteiger partial charge < -0.3 is 10.7 Å². The van der Waals surface area contributed by atoms with Gasteiger partial charge in [-0.15, -0.1) is 0 Å². The fraction of sp³-hybridized carbons (Fsp3) is 0.238. The Morgan fingerprint density at radius 1 is 1.26 bits per heavy atom. The summed E-state index contributed by atoms with van der Waals surface area (Å²) in [7, 11) is 1.78. The second-order valence-electron chi connectivity index (χ2n) is 6.19. The molecule has 0 aliphatic carbocycles. The molecule has 27 heavy (non-hydrogen) atoms. The number of anilines is 1. The Kier molecular flexibility index (Phi) is 7.25. The van der Waals surface area contributed by atoms with Crippen LogP contribution in [0.1, 0.15) is 35.1 Å². The molecule has 2 aromatic rings. The van der Waals surface area contributed by atoms with Gasteiger partial charge in [-0.2, -0.15) is 0 Å². The molecule has 0 fully saturated rings. The minimum atomic E-state index is -0.465. The third-order valence-electron chi connectivity index (χ3n) is 4.54. The van der Waals surface area contributed by atoms with Crippen molar-refractivity contribution in [2.24, 2.45) is 0 Å². The van der Waals surface area contributed by atoms with Crippen molar-refractivity contribution >= 4 is 23.4 Å². The van der Waals surface area contributed by atoms with E-state index in [2.05, 4.69) is 5.32 Å². The lowest BCUT2D eigenvalue weighted by Crippen LogP contribution is -2.18. The van der Waals surface area contributed by atoms with Crippen LogP contribution in [0.2, 0.25) is 0 Å². The number of hydrogen-bond acceptors (Lipinski definition) is 4. The van der Waals surface area contributed by atoms with Crippen molar-refractivity contribution in [3.63, 3.8) is 0 Å². The number of carbonyl (C=O) groups is 1. The van der Waals surface area contributed by atoms with Crippen molar-refractivity contribution in [2.45, 2.75) is 26.2 Å². The number of allylic oxidation sites excluding steroid dienone is 2. The molecule has 2 rings (SSSR count). The predicted octanol–water partition coefficient (Wildman–Crippen LogP) is 4.09. The van der Waals surface area contributed by atoms with Gasteiger partial charge in [-0.25, -0.2) is 9.87 Å². The van der Waals surface area contributed by atoms with Crippen LogP contribution in [0, 0.1) is 18.2 Å². The molecular weight excluding hydrogens is 345 g/mol. The number of amides is 1. The standard InChI is InChI=1S/C21H24FN3O2/c1-14-15(4-3-5-19(14)22)6-7-16(10-11-21(26)25-27)17-8-9-18(13-23)20(12-17)24-2/h3-5,7-9,12-13,23-24,27H,6,10-11H2,1-2H3,(H,25,26)/b16-7+,23-13?. The van der Waals surface area contributed by atoms with Crippen molar-refractivity contribution in [3.8, 4) is 0 Å². The van der Waals surface area contributed by atoms with E-state index in [9.17, 15) is 9.18 Å². The second-order valence-corrected chi connectivity index (χ2v) is 6.19. The molecule has 0 saturated carbocycles. The highest BCUT2D eigenvalue weighted by Crippen LogP contribution is 2.26. The largest absolute Gasteiger partial charge is 0.388 e. The van der Waals surface area contributed by atoms with Crippen LogP contribution in [0.4, 0.5) is 10.1 Å². The zero-order valence-electron chi connectivity index (χ0n) is 15.5. The summed E-state index contributed by atoms with van der Waals surface area (Å²) in [6.45, 7) is 1.75. The van der Waals surface area contributed by atoms with Crippen LogP contribution in [0.5, 0.6) is 0 Å². The van der Waals surface area contributed by atoms with Crippen molar-refractivity contribution < 1.29 is 14.4 Å². The molecule has 2 aromatic carbocycles. The van der Waals surface area contributed by atoms with E-state index in [1.54, 1.807) is 25.5 Å². The highest BCUT2D eigenvalue weighted by Gasteiger charge is 2.09. The SMILES string of the molecule is CNc1cc(/C(=C/Cc2cccc(F)c2C)CCC(=O)NO)ccc1C=N. The summed E-state index contributed by atoms with van der Waals surface area (Å²) in [5, 5.41) is 19.3. The van der Waals surface area contributed by atoms with Crippen molar-refractivity contribution in [1.29, 1.82) is 5.41 Å². The van der Waals surface area contributed by atoms with Gasteiger partial charge in [0.1, 0.15) is 5.82 Å². The van der Waals surface area contributed by atoms with Gasteiger partial charge in [0.05, 0.1) is 0 Å². The number of hydroxylamine groups is 1. The monoisotopic (exact) mass is 369 g/mol. The van der Waals surface area contributed by atoms with Gasteiger partial charge in [0.25, 0.3) is 0 Å². The van der Waals surface area contributed by atoms with E-state index in [0.29, 0.717) is 18.4 Å². The molecular formula is C21H24FN3O2. The van der Waals surface area contributed by atoms with E-state index in [4.69, 9.17) is 10.6 Å². The zero-order valence-corrected chi connectivity index (χ0v) is 15.5. The molecule has 0 aliphatic heterocycles. The molecule has 0 atom stereocenters. The molecule has 1 amide bonds. The maximum atomic E-state index is 13.8. The minimum absolute atomic E-state index is 0.131. The molecule has 0 heterocycles. The maximum absolute atomic E-state index is 13.8. The summed E-state index contributed by atoms with van der Waals surface area (Å²) < 4.78 is 13.8. The van der Waals surface area contributed by atoms with Crippen molar-refractivity contribution in [1.82, 2.24) is 5.48 Å². The van der Waals surface area contributed by atoms with E-state index in [0.717, 1.165) is 28.0 Å². The molecule has 0 radical (unpaired) electrons. The first-order valence-electron chi connectivity index (χ1n) is 8.68. The Bertz CT molecular complexity index is 863. The summed E-state index contributed by atoms with van der Waals surface area (Å²) in [4.78, 5) is 11.5. The lowest BCUT2D eigenvalue weighted by atomic mass is 9.95. The molecule has 0 spiro atoms. The van der Waals surface area contributed by atoms with Crippen molar-refractivity contribution in [2.75, 3.05) is 12.4 Å². The summed E-state index contributed by atoms with van der Waals surface area (Å²) in [5.74, 6) is -0.706. The smallest absolute Gasteiger partial charge is 0.243 e. The Balaban J connectivity index is 2.37. The summed E-state index contributed by atoms with van der Waals surface area (Å²) in [5.41, 5.74) is 6.52. The third-order valence-corrected chi connectivity index (χ3v) is 4.54. The quantitative estimate of drug-likeness (QED) is 0.321. The van der Waals surface area contributed by atoms with Crippen LogP contribution in [-0.2, 0) is 11.2 Å². The molecule has 0 aromatic heterocycles. The third kappa shape index (κ3) is 5.24. The first-order valence-corrected chi connectivity index (χ1v) is 8.68. The van der Waals surface area contributed by atoms with Gasteiger partial charge in [-0.1, -0.05) is 30.3 Å². The molecule has 6 heteroatoms. The summed E-state index contributed by atoms with van der Waals surface area (Å²) in [6, 6.07) is 10.6. The molecule has 5 nitrogen and oxygen atoms in total. The average molecular weight is 369 g/mol. The van der Waals surface area contributed by atoms with Crippen LogP contribution in [0.25, 0.3) is 5.57 Å². The normalized spacial score (nSPS) is 11.2. The van der Waals surface area contributed by atoms with Crippen LogP contribution in [-0.4, -0.2) is 24.4 Å². The van der Waals surface area contributed by atoms with E-state index < -0.39 is 5.91 Å².